The second-order valence-electron chi connectivity index (χ2n) is 5.53. The largest absolute Gasteiger partial charge is 0.496 e. The number of sulfonamides is 1. The number of nitrogens with zero attached hydrogens (tertiary/aromatic N) is 2. The number of carbonyl (C=O) groups excluding carboxylic acids is 1. The highest BCUT2D eigenvalue weighted by molar-refractivity contribution is 7.88. The van der Waals surface area contributed by atoms with Crippen molar-refractivity contribution in [3.8, 4) is 5.75 Å². The summed E-state index contributed by atoms with van der Waals surface area (Å²) in [5.41, 5.74) is 0.867. The van der Waals surface area contributed by atoms with E-state index < -0.39 is 15.9 Å². The van der Waals surface area contributed by atoms with Gasteiger partial charge in [0.2, 0.25) is 15.9 Å². The Labute approximate surface area is 146 Å². The van der Waals surface area contributed by atoms with Crippen molar-refractivity contribution in [1.29, 1.82) is 0 Å². The average molecular weight is 367 g/mol. The Kier molecular flexibility index (Phi) is 6.16. The van der Waals surface area contributed by atoms with Gasteiger partial charge in [0.15, 0.2) is 5.82 Å². The van der Waals surface area contributed by atoms with Crippen LogP contribution >= 0.6 is 0 Å². The number of rotatable bonds is 8. The summed E-state index contributed by atoms with van der Waals surface area (Å²) in [6, 6.07) is 8.90. The number of aromatic nitrogens is 1. The number of anilines is 1. The molecule has 2 rings (SSSR count). The standard InChI is InChI=1S/C16H21N3O5S/c1-12-10-15(18-24-12)17-16(20)11-19(25(3,21)22)9-8-13-6-4-5-7-14(13)23-2/h4-7,10H,8-9,11H2,1-3H3,(H,17,18,20). The molecule has 1 aromatic heterocycles. The highest BCUT2D eigenvalue weighted by Gasteiger charge is 2.21. The van der Waals surface area contributed by atoms with E-state index in [-0.39, 0.29) is 18.9 Å². The zero-order valence-electron chi connectivity index (χ0n) is 14.4. The van der Waals surface area contributed by atoms with E-state index >= 15 is 0 Å². The van der Waals surface area contributed by atoms with Crippen LogP contribution in [0.4, 0.5) is 5.82 Å². The van der Waals surface area contributed by atoms with Crippen LogP contribution in [0.1, 0.15) is 11.3 Å². The number of hydrogen-bond donors (Lipinski definition) is 1. The van der Waals surface area contributed by atoms with E-state index in [9.17, 15) is 13.2 Å². The van der Waals surface area contributed by atoms with Gasteiger partial charge >= 0.3 is 0 Å². The third-order valence-electron chi connectivity index (χ3n) is 3.51. The number of ether oxygens (including phenoxy) is 1. The summed E-state index contributed by atoms with van der Waals surface area (Å²) in [7, 11) is -1.99. The molecule has 1 N–H and O–H groups in total. The molecule has 0 aliphatic carbocycles. The molecule has 0 fully saturated rings. The predicted molar refractivity (Wildman–Crippen MR) is 93.0 cm³/mol. The van der Waals surface area contributed by atoms with Crippen molar-refractivity contribution in [2.24, 2.45) is 0 Å². The van der Waals surface area contributed by atoms with Crippen LogP contribution in [0.25, 0.3) is 0 Å². The molecule has 0 saturated heterocycles. The summed E-state index contributed by atoms with van der Waals surface area (Å²) >= 11 is 0. The molecule has 0 spiro atoms. The van der Waals surface area contributed by atoms with Crippen molar-refractivity contribution >= 4 is 21.7 Å². The second kappa shape index (κ2) is 8.13. The first-order valence-electron chi connectivity index (χ1n) is 7.60. The zero-order chi connectivity index (χ0) is 18.4. The van der Waals surface area contributed by atoms with Crippen molar-refractivity contribution < 1.29 is 22.5 Å². The molecule has 0 radical (unpaired) electrons. The lowest BCUT2D eigenvalue weighted by molar-refractivity contribution is -0.116. The van der Waals surface area contributed by atoms with Crippen LogP contribution in [-0.4, -0.2) is 50.2 Å². The van der Waals surface area contributed by atoms with Crippen LogP contribution in [0.3, 0.4) is 0 Å². The number of methoxy groups -OCH3 is 1. The average Bonchev–Trinajstić information content (AvgIpc) is 2.95. The Morgan fingerprint density at radius 2 is 2.08 bits per heavy atom. The van der Waals surface area contributed by atoms with Crippen LogP contribution in [0.2, 0.25) is 0 Å². The van der Waals surface area contributed by atoms with E-state index in [2.05, 4.69) is 10.5 Å². The number of aryl methyl sites for hydroxylation is 1. The molecule has 25 heavy (non-hydrogen) atoms. The van der Waals surface area contributed by atoms with E-state index in [0.29, 0.717) is 17.9 Å². The van der Waals surface area contributed by atoms with Crippen LogP contribution in [-0.2, 0) is 21.2 Å². The van der Waals surface area contributed by atoms with Crippen LogP contribution in [0.15, 0.2) is 34.9 Å². The monoisotopic (exact) mass is 367 g/mol. The van der Waals surface area contributed by atoms with E-state index in [4.69, 9.17) is 9.26 Å². The van der Waals surface area contributed by atoms with Gasteiger partial charge in [-0.1, -0.05) is 23.4 Å². The molecule has 0 bridgehead atoms. The first-order chi connectivity index (χ1) is 11.8. The first kappa shape index (κ1) is 18.9. The van der Waals surface area contributed by atoms with E-state index in [1.54, 1.807) is 26.2 Å². The lowest BCUT2D eigenvalue weighted by Crippen LogP contribution is -2.38. The lowest BCUT2D eigenvalue weighted by atomic mass is 10.1. The Hall–Kier alpha value is -2.39. The molecule has 0 atom stereocenters. The minimum Gasteiger partial charge on any atom is -0.496 e. The molecule has 2 aromatic rings. The number of benzene rings is 1. The van der Waals surface area contributed by atoms with Gasteiger partial charge in [0.05, 0.1) is 19.9 Å². The molecular weight excluding hydrogens is 346 g/mol. The van der Waals surface area contributed by atoms with Crippen LogP contribution in [0.5, 0.6) is 5.75 Å². The maximum Gasteiger partial charge on any atom is 0.240 e. The van der Waals surface area contributed by atoms with Crippen molar-refractivity contribution in [1.82, 2.24) is 9.46 Å². The topological polar surface area (TPSA) is 102 Å². The van der Waals surface area contributed by atoms with Gasteiger partial charge in [-0.15, -0.1) is 0 Å². The molecule has 8 nitrogen and oxygen atoms in total. The van der Waals surface area contributed by atoms with Crippen molar-refractivity contribution in [3.63, 3.8) is 0 Å². The van der Waals surface area contributed by atoms with Gasteiger partial charge in [0.1, 0.15) is 11.5 Å². The SMILES string of the molecule is COc1ccccc1CCN(CC(=O)Nc1cc(C)on1)S(C)(=O)=O. The van der Waals surface area contributed by atoms with Gasteiger partial charge in [0.25, 0.3) is 0 Å². The highest BCUT2D eigenvalue weighted by atomic mass is 32.2. The zero-order valence-corrected chi connectivity index (χ0v) is 15.2. The Morgan fingerprint density at radius 3 is 2.68 bits per heavy atom. The van der Waals surface area contributed by atoms with Gasteiger partial charge in [-0.3, -0.25) is 4.79 Å². The van der Waals surface area contributed by atoms with Crippen LogP contribution in [0, 0.1) is 6.92 Å². The number of para-hydroxylation sites is 1. The van der Waals surface area contributed by atoms with Gasteiger partial charge in [0, 0.05) is 12.6 Å². The molecule has 0 aliphatic heterocycles. The minimum absolute atomic E-state index is 0.157. The fraction of sp³-hybridized carbons (Fsp3) is 0.375. The smallest absolute Gasteiger partial charge is 0.240 e. The van der Waals surface area contributed by atoms with E-state index in [1.165, 1.54) is 0 Å². The maximum absolute atomic E-state index is 12.1. The summed E-state index contributed by atoms with van der Waals surface area (Å²) in [5, 5.41) is 6.16. The molecule has 1 amide bonds. The second-order valence-corrected chi connectivity index (χ2v) is 7.51. The molecule has 1 aromatic carbocycles. The van der Waals surface area contributed by atoms with Gasteiger partial charge in [-0.2, -0.15) is 4.31 Å². The summed E-state index contributed by atoms with van der Waals surface area (Å²) < 4.78 is 35.2. The minimum atomic E-state index is -3.55. The Morgan fingerprint density at radius 1 is 1.36 bits per heavy atom. The number of amides is 1. The van der Waals surface area contributed by atoms with E-state index in [1.807, 2.05) is 18.2 Å². The van der Waals surface area contributed by atoms with Crippen molar-refractivity contribution in [2.45, 2.75) is 13.3 Å². The summed E-state index contributed by atoms with van der Waals surface area (Å²) in [5.74, 6) is 0.990. The summed E-state index contributed by atoms with van der Waals surface area (Å²) in [4.78, 5) is 12.1. The molecule has 136 valence electrons. The molecule has 1 heterocycles. The van der Waals surface area contributed by atoms with Gasteiger partial charge in [-0.05, 0) is 25.0 Å². The third kappa shape index (κ3) is 5.57. The Balaban J connectivity index is 2.02. The Bertz CT molecular complexity index is 832. The molecule has 0 unspecified atom stereocenters. The maximum atomic E-state index is 12.1. The lowest BCUT2D eigenvalue weighted by Gasteiger charge is -2.19. The quantitative estimate of drug-likeness (QED) is 0.757. The first-order valence-corrected chi connectivity index (χ1v) is 9.44. The highest BCUT2D eigenvalue weighted by Crippen LogP contribution is 2.18. The van der Waals surface area contributed by atoms with Gasteiger partial charge < -0.3 is 14.6 Å². The summed E-state index contributed by atoms with van der Waals surface area (Å²) in [6.45, 7) is 1.54. The fourth-order valence-electron chi connectivity index (χ4n) is 2.28. The normalized spacial score (nSPS) is 11.5. The molecule has 0 saturated carbocycles. The molecular formula is C16H21N3O5S. The third-order valence-corrected chi connectivity index (χ3v) is 4.76. The number of hydrogen-bond acceptors (Lipinski definition) is 6. The molecule has 0 aliphatic rings. The van der Waals surface area contributed by atoms with E-state index in [0.717, 1.165) is 16.1 Å². The van der Waals surface area contributed by atoms with Crippen molar-refractivity contribution in [3.05, 3.63) is 41.7 Å². The number of carbonyl (C=O) groups is 1. The van der Waals surface area contributed by atoms with Crippen molar-refractivity contribution in [2.75, 3.05) is 31.8 Å². The fourth-order valence-corrected chi connectivity index (χ4v) is 3.06. The summed E-state index contributed by atoms with van der Waals surface area (Å²) in [6.07, 6.45) is 1.50. The molecule has 9 heteroatoms. The number of nitrogens with one attached hydrogen (secondary N) is 1. The van der Waals surface area contributed by atoms with Gasteiger partial charge in [-0.25, -0.2) is 8.42 Å². The van der Waals surface area contributed by atoms with Crippen LogP contribution < -0.4 is 10.1 Å². The predicted octanol–water partition coefficient (Wildman–Crippen LogP) is 1.43.